The van der Waals surface area contributed by atoms with Gasteiger partial charge in [0.15, 0.2) is 0 Å². The summed E-state index contributed by atoms with van der Waals surface area (Å²) in [5.41, 5.74) is 1.08. The summed E-state index contributed by atoms with van der Waals surface area (Å²) in [5, 5.41) is 0. The van der Waals surface area contributed by atoms with Gasteiger partial charge in [-0.05, 0) is 0 Å². The van der Waals surface area contributed by atoms with E-state index >= 15 is 0 Å². The monoisotopic (exact) mass is 153 g/mol. The van der Waals surface area contributed by atoms with E-state index in [2.05, 4.69) is 37.2 Å². The molecule has 0 aromatic rings. The first-order valence-electron chi connectivity index (χ1n) is 1.95. The van der Waals surface area contributed by atoms with Gasteiger partial charge in [0.1, 0.15) is 0 Å². The minimum absolute atomic E-state index is 1.01. The van der Waals surface area contributed by atoms with Crippen LogP contribution in [0.3, 0.4) is 0 Å². The Morgan fingerprint density at radius 1 is 1.33 bits per heavy atom. The van der Waals surface area contributed by atoms with E-state index in [1.165, 1.54) is 0 Å². The molecule has 6 heavy (non-hydrogen) atoms. The molecule has 0 spiro atoms. The van der Waals surface area contributed by atoms with Crippen LogP contribution in [0, 0.1) is 0 Å². The van der Waals surface area contributed by atoms with E-state index in [0.29, 0.717) is 0 Å². The number of nitrogens with zero attached hydrogens (tertiary/aromatic N) is 1. The van der Waals surface area contributed by atoms with Gasteiger partial charge in [-0.1, -0.05) is 0 Å². The molecule has 0 aliphatic carbocycles. The first kappa shape index (κ1) is 6.48. The standard InChI is InChI=1S/C4H11NSe/c1-5(2,3)4-6/h4H2,1-3H3/q+1. The maximum absolute atomic E-state index is 2.95. The predicted octanol–water partition coefficient (Wildman–Crippen LogP) is -0.181. The molecule has 0 aromatic carbocycles. The van der Waals surface area contributed by atoms with E-state index in [0.717, 1.165) is 9.93 Å². The number of hydrogen-bond donors (Lipinski definition) is 0. The predicted molar refractivity (Wildman–Crippen MR) is 28.7 cm³/mol. The molecule has 0 amide bonds. The number of hydrogen-bond acceptors (Lipinski definition) is 0. The van der Waals surface area contributed by atoms with Crippen molar-refractivity contribution in [1.29, 1.82) is 0 Å². The molecule has 0 atom stereocenters. The molecule has 1 radical (unpaired) electrons. The van der Waals surface area contributed by atoms with Crippen LogP contribution in [0.4, 0.5) is 0 Å². The van der Waals surface area contributed by atoms with Gasteiger partial charge in [0.25, 0.3) is 0 Å². The van der Waals surface area contributed by atoms with E-state index in [9.17, 15) is 0 Å². The minimum atomic E-state index is 1.01. The van der Waals surface area contributed by atoms with E-state index in [-0.39, 0.29) is 0 Å². The van der Waals surface area contributed by atoms with Crippen LogP contribution >= 0.6 is 0 Å². The number of rotatable bonds is 1. The zero-order valence-electron chi connectivity index (χ0n) is 4.56. The molecule has 0 aliphatic heterocycles. The molecular weight excluding hydrogens is 141 g/mol. The summed E-state index contributed by atoms with van der Waals surface area (Å²) in [6.07, 6.45) is 0. The van der Waals surface area contributed by atoms with Crippen molar-refractivity contribution in [3.63, 3.8) is 0 Å². The summed E-state index contributed by atoms with van der Waals surface area (Å²) in [6.45, 7) is 0. The second-order valence-electron chi connectivity index (χ2n) is 2.42. The van der Waals surface area contributed by atoms with Gasteiger partial charge in [-0.15, -0.1) is 0 Å². The van der Waals surface area contributed by atoms with Gasteiger partial charge in [0, 0.05) is 0 Å². The Labute approximate surface area is 47.7 Å². The van der Waals surface area contributed by atoms with Crippen LogP contribution in [0.1, 0.15) is 0 Å². The SMILES string of the molecule is C[N+](C)(C)C[Se]. The van der Waals surface area contributed by atoms with E-state index < -0.39 is 0 Å². The summed E-state index contributed by atoms with van der Waals surface area (Å²) >= 11 is 2.95. The fourth-order valence-corrected chi connectivity index (χ4v) is 0. The summed E-state index contributed by atoms with van der Waals surface area (Å²) in [5.74, 6) is 0. The topological polar surface area (TPSA) is 0 Å². The van der Waals surface area contributed by atoms with Crippen molar-refractivity contribution in [1.82, 2.24) is 0 Å². The molecule has 0 aromatic heterocycles. The summed E-state index contributed by atoms with van der Waals surface area (Å²) in [4.78, 5) is 0. The van der Waals surface area contributed by atoms with Gasteiger partial charge in [0.05, 0.1) is 0 Å². The van der Waals surface area contributed by atoms with Gasteiger partial charge in [-0.2, -0.15) is 0 Å². The third-order valence-corrected chi connectivity index (χ3v) is 2.01. The second-order valence-corrected chi connectivity index (χ2v) is 2.96. The van der Waals surface area contributed by atoms with Crippen molar-refractivity contribution in [3.05, 3.63) is 0 Å². The van der Waals surface area contributed by atoms with Gasteiger partial charge in [-0.25, -0.2) is 0 Å². The molecule has 0 rings (SSSR count). The van der Waals surface area contributed by atoms with Crippen LogP contribution in [0.25, 0.3) is 0 Å². The molecule has 0 bridgehead atoms. The van der Waals surface area contributed by atoms with Crippen molar-refractivity contribution in [2.45, 2.75) is 0 Å². The van der Waals surface area contributed by atoms with Crippen molar-refractivity contribution < 1.29 is 4.48 Å². The molecular formula is C4H11NSe+. The second kappa shape index (κ2) is 1.97. The van der Waals surface area contributed by atoms with Gasteiger partial charge < -0.3 is 0 Å². The average Bonchev–Trinajstić information content (AvgIpc) is 1.35. The number of quaternary nitrogens is 1. The molecule has 0 aliphatic rings. The molecule has 0 N–H and O–H groups in total. The zero-order valence-corrected chi connectivity index (χ0v) is 6.28. The Hall–Kier alpha value is 0.479. The quantitative estimate of drug-likeness (QED) is 0.361. The maximum atomic E-state index is 2.95. The van der Waals surface area contributed by atoms with Crippen molar-refractivity contribution in [2.24, 2.45) is 0 Å². The van der Waals surface area contributed by atoms with Crippen LogP contribution in [-0.4, -0.2) is 47.1 Å². The zero-order chi connectivity index (χ0) is 5.21. The first-order valence-corrected chi connectivity index (χ1v) is 3.16. The molecule has 37 valence electrons. The van der Waals surface area contributed by atoms with Crippen LogP contribution in [-0.2, 0) is 0 Å². The Bertz CT molecular complexity index is 37.3. The fraction of sp³-hybridized carbons (Fsp3) is 1.00. The van der Waals surface area contributed by atoms with Crippen molar-refractivity contribution in [2.75, 3.05) is 26.6 Å². The molecule has 0 heterocycles. The normalized spacial score (nSPS) is 12.0. The summed E-state index contributed by atoms with van der Waals surface area (Å²) in [6, 6.07) is 0. The average molecular weight is 152 g/mol. The van der Waals surface area contributed by atoms with Crippen molar-refractivity contribution >= 4 is 16.0 Å². The van der Waals surface area contributed by atoms with Crippen LogP contribution < -0.4 is 0 Å². The van der Waals surface area contributed by atoms with Crippen molar-refractivity contribution in [3.8, 4) is 0 Å². The van der Waals surface area contributed by atoms with E-state index in [1.54, 1.807) is 0 Å². The molecule has 0 fully saturated rings. The van der Waals surface area contributed by atoms with E-state index in [4.69, 9.17) is 0 Å². The molecule has 2 heteroatoms. The molecule has 0 saturated heterocycles. The van der Waals surface area contributed by atoms with Crippen LogP contribution in [0.2, 0.25) is 0 Å². The van der Waals surface area contributed by atoms with Gasteiger partial charge in [0.2, 0.25) is 0 Å². The Kier molecular flexibility index (Phi) is 2.12. The van der Waals surface area contributed by atoms with E-state index in [1.807, 2.05) is 0 Å². The Balaban J connectivity index is 3.17. The third-order valence-electron chi connectivity index (χ3n) is 0.387. The van der Waals surface area contributed by atoms with Gasteiger partial charge in [-0.3, -0.25) is 0 Å². The van der Waals surface area contributed by atoms with Crippen LogP contribution in [0.5, 0.6) is 0 Å². The third kappa shape index (κ3) is 4.48. The fourth-order valence-electron chi connectivity index (χ4n) is 0. The summed E-state index contributed by atoms with van der Waals surface area (Å²) in [7, 11) is 6.45. The molecule has 1 nitrogen and oxygen atoms in total. The molecule has 0 saturated carbocycles. The Morgan fingerprint density at radius 2 is 1.50 bits per heavy atom. The van der Waals surface area contributed by atoms with Crippen LogP contribution in [0.15, 0.2) is 0 Å². The molecule has 0 unspecified atom stereocenters. The Morgan fingerprint density at radius 3 is 1.50 bits per heavy atom. The van der Waals surface area contributed by atoms with Gasteiger partial charge >= 0.3 is 47.1 Å². The summed E-state index contributed by atoms with van der Waals surface area (Å²) < 4.78 is 1.01. The first-order chi connectivity index (χ1) is 2.56.